The van der Waals surface area contributed by atoms with Gasteiger partial charge in [-0.05, 0) is 18.2 Å². The van der Waals surface area contributed by atoms with Gasteiger partial charge in [0.05, 0.1) is 11.4 Å². The van der Waals surface area contributed by atoms with Gasteiger partial charge in [-0.2, -0.15) is 10.1 Å². The molecule has 4 aromatic rings. The van der Waals surface area contributed by atoms with E-state index in [1.165, 1.54) is 11.3 Å². The quantitative estimate of drug-likeness (QED) is 0.560. The van der Waals surface area contributed by atoms with Crippen molar-refractivity contribution in [3.63, 3.8) is 0 Å². The number of para-hydroxylation sites is 1. The lowest BCUT2D eigenvalue weighted by molar-refractivity contribution is 0.0990. The van der Waals surface area contributed by atoms with Crippen LogP contribution in [0.15, 0.2) is 83.3 Å². The Morgan fingerprint density at radius 3 is 2.38 bits per heavy atom. The highest BCUT2D eigenvalue weighted by atomic mass is 32.1. The van der Waals surface area contributed by atoms with Crippen molar-refractivity contribution >= 4 is 17.2 Å². The van der Waals surface area contributed by atoms with Crippen molar-refractivity contribution < 1.29 is 4.79 Å². The second-order valence-corrected chi connectivity index (χ2v) is 6.61. The number of hydrogen-bond acceptors (Lipinski definition) is 3. The molecule has 1 amide bonds. The first-order valence-electron chi connectivity index (χ1n) is 8.12. The first-order chi connectivity index (χ1) is 12.7. The SMILES string of the molecule is Cn1ccsc1=NC(=O)c1cc(-c2ccccc2)nn1-c1ccccc1. The van der Waals surface area contributed by atoms with Gasteiger partial charge in [-0.15, -0.1) is 11.3 Å². The summed E-state index contributed by atoms with van der Waals surface area (Å²) in [5.41, 5.74) is 2.95. The van der Waals surface area contributed by atoms with E-state index in [1.54, 1.807) is 10.7 Å². The van der Waals surface area contributed by atoms with E-state index < -0.39 is 0 Å². The topological polar surface area (TPSA) is 52.2 Å². The Morgan fingerprint density at radius 1 is 1.04 bits per heavy atom. The fourth-order valence-corrected chi connectivity index (χ4v) is 3.36. The molecule has 0 bridgehead atoms. The molecule has 128 valence electrons. The average Bonchev–Trinajstić information content (AvgIpc) is 3.30. The summed E-state index contributed by atoms with van der Waals surface area (Å²) in [6.07, 6.45) is 1.88. The summed E-state index contributed by atoms with van der Waals surface area (Å²) in [5.74, 6) is -0.318. The summed E-state index contributed by atoms with van der Waals surface area (Å²) < 4.78 is 3.48. The van der Waals surface area contributed by atoms with E-state index in [0.29, 0.717) is 10.5 Å². The number of amides is 1. The zero-order chi connectivity index (χ0) is 17.9. The minimum absolute atomic E-state index is 0.318. The molecule has 26 heavy (non-hydrogen) atoms. The van der Waals surface area contributed by atoms with E-state index in [0.717, 1.165) is 16.9 Å². The predicted molar refractivity (Wildman–Crippen MR) is 102 cm³/mol. The Labute approximate surface area is 154 Å². The molecule has 0 N–H and O–H groups in total. The van der Waals surface area contributed by atoms with Gasteiger partial charge in [-0.1, -0.05) is 48.5 Å². The van der Waals surface area contributed by atoms with Crippen molar-refractivity contribution in [2.45, 2.75) is 0 Å². The third-order valence-electron chi connectivity index (χ3n) is 3.96. The van der Waals surface area contributed by atoms with E-state index in [4.69, 9.17) is 0 Å². The lowest BCUT2D eigenvalue weighted by Crippen LogP contribution is -2.15. The first-order valence-corrected chi connectivity index (χ1v) is 9.00. The molecule has 0 spiro atoms. The fraction of sp³-hybridized carbons (Fsp3) is 0.0500. The first kappa shape index (κ1) is 16.2. The van der Waals surface area contributed by atoms with Crippen LogP contribution in [0.3, 0.4) is 0 Å². The second-order valence-electron chi connectivity index (χ2n) is 5.74. The molecule has 2 heterocycles. The van der Waals surface area contributed by atoms with E-state index in [2.05, 4.69) is 10.1 Å². The van der Waals surface area contributed by atoms with E-state index >= 15 is 0 Å². The number of benzene rings is 2. The third kappa shape index (κ3) is 3.14. The van der Waals surface area contributed by atoms with Gasteiger partial charge < -0.3 is 4.57 Å². The van der Waals surface area contributed by atoms with Crippen LogP contribution < -0.4 is 4.80 Å². The van der Waals surface area contributed by atoms with Gasteiger partial charge in [0.1, 0.15) is 5.69 Å². The van der Waals surface area contributed by atoms with Crippen LogP contribution in [0.25, 0.3) is 16.9 Å². The maximum absolute atomic E-state index is 12.9. The molecule has 0 unspecified atom stereocenters. The Kier molecular flexibility index (Phi) is 4.33. The molecule has 0 saturated heterocycles. The van der Waals surface area contributed by atoms with E-state index in [1.807, 2.05) is 83.9 Å². The zero-order valence-corrected chi connectivity index (χ0v) is 14.9. The van der Waals surface area contributed by atoms with Gasteiger partial charge in [0.2, 0.25) is 0 Å². The smallest absolute Gasteiger partial charge is 0.298 e. The zero-order valence-electron chi connectivity index (χ0n) is 14.1. The molecule has 0 aliphatic carbocycles. The standard InChI is InChI=1S/C20H16N4OS/c1-23-12-13-26-20(23)21-19(25)18-14-17(15-8-4-2-5-9-15)22-24(18)16-10-6-3-7-11-16/h2-14H,1H3. The van der Waals surface area contributed by atoms with Crippen molar-refractivity contribution in [1.82, 2.24) is 14.3 Å². The number of carbonyl (C=O) groups excluding carboxylic acids is 1. The van der Waals surface area contributed by atoms with Crippen LogP contribution in [0.4, 0.5) is 0 Å². The summed E-state index contributed by atoms with van der Waals surface area (Å²) in [7, 11) is 1.87. The van der Waals surface area contributed by atoms with Crippen LogP contribution in [-0.2, 0) is 7.05 Å². The summed E-state index contributed by atoms with van der Waals surface area (Å²) >= 11 is 1.42. The van der Waals surface area contributed by atoms with Crippen LogP contribution in [0, 0.1) is 0 Å². The number of rotatable bonds is 3. The monoisotopic (exact) mass is 360 g/mol. The normalized spacial score (nSPS) is 11.7. The molecule has 0 atom stereocenters. The molecule has 2 aromatic carbocycles. The van der Waals surface area contributed by atoms with E-state index in [9.17, 15) is 4.79 Å². The van der Waals surface area contributed by atoms with Gasteiger partial charge in [0.15, 0.2) is 4.80 Å². The average molecular weight is 360 g/mol. The van der Waals surface area contributed by atoms with Crippen LogP contribution >= 0.6 is 11.3 Å². The Hall–Kier alpha value is -3.25. The van der Waals surface area contributed by atoms with Gasteiger partial charge >= 0.3 is 0 Å². The molecule has 0 radical (unpaired) electrons. The number of aryl methyl sites for hydroxylation is 1. The minimum Gasteiger partial charge on any atom is -0.327 e. The Balaban J connectivity index is 1.86. The minimum atomic E-state index is -0.318. The van der Waals surface area contributed by atoms with Crippen LogP contribution in [-0.4, -0.2) is 20.3 Å². The number of aromatic nitrogens is 3. The lowest BCUT2D eigenvalue weighted by atomic mass is 10.1. The summed E-state index contributed by atoms with van der Waals surface area (Å²) in [6.45, 7) is 0. The van der Waals surface area contributed by atoms with Gasteiger partial charge in [-0.25, -0.2) is 4.68 Å². The molecule has 2 aromatic heterocycles. The largest absolute Gasteiger partial charge is 0.327 e. The van der Waals surface area contributed by atoms with Crippen molar-refractivity contribution in [3.05, 3.63) is 88.8 Å². The number of thiazole rings is 1. The van der Waals surface area contributed by atoms with Crippen molar-refractivity contribution in [1.29, 1.82) is 0 Å². The maximum atomic E-state index is 12.9. The van der Waals surface area contributed by atoms with Crippen LogP contribution in [0.1, 0.15) is 10.5 Å². The number of nitrogens with zero attached hydrogens (tertiary/aromatic N) is 4. The van der Waals surface area contributed by atoms with Crippen LogP contribution in [0.2, 0.25) is 0 Å². The highest BCUT2D eigenvalue weighted by molar-refractivity contribution is 7.07. The summed E-state index contributed by atoms with van der Waals surface area (Å²) in [5, 5.41) is 6.55. The molecule has 0 fully saturated rings. The molecule has 6 heteroatoms. The molecule has 4 rings (SSSR count). The maximum Gasteiger partial charge on any atom is 0.298 e. The molecular formula is C20H16N4OS. The fourth-order valence-electron chi connectivity index (χ4n) is 2.63. The lowest BCUT2D eigenvalue weighted by Gasteiger charge is -2.04. The second kappa shape index (κ2) is 6.93. The molecule has 0 saturated carbocycles. The molecular weight excluding hydrogens is 344 g/mol. The number of carbonyl (C=O) groups is 1. The Bertz CT molecular complexity index is 1110. The highest BCUT2D eigenvalue weighted by Gasteiger charge is 2.17. The molecule has 0 aliphatic rings. The predicted octanol–water partition coefficient (Wildman–Crippen LogP) is 3.68. The number of hydrogen-bond donors (Lipinski definition) is 0. The summed E-state index contributed by atoms with van der Waals surface area (Å²) in [6, 6.07) is 21.2. The summed E-state index contributed by atoms with van der Waals surface area (Å²) in [4.78, 5) is 17.8. The van der Waals surface area contributed by atoms with Crippen LogP contribution in [0.5, 0.6) is 0 Å². The van der Waals surface area contributed by atoms with E-state index in [-0.39, 0.29) is 5.91 Å². The molecule has 5 nitrogen and oxygen atoms in total. The third-order valence-corrected chi connectivity index (χ3v) is 4.80. The van der Waals surface area contributed by atoms with Crippen molar-refractivity contribution in [2.24, 2.45) is 12.0 Å². The van der Waals surface area contributed by atoms with Crippen molar-refractivity contribution in [2.75, 3.05) is 0 Å². The van der Waals surface area contributed by atoms with Crippen molar-refractivity contribution in [3.8, 4) is 16.9 Å². The molecule has 0 aliphatic heterocycles. The van der Waals surface area contributed by atoms with Gasteiger partial charge in [-0.3, -0.25) is 4.79 Å². The van der Waals surface area contributed by atoms with Gasteiger partial charge in [0.25, 0.3) is 5.91 Å². The van der Waals surface area contributed by atoms with Gasteiger partial charge in [0, 0.05) is 24.2 Å². The Morgan fingerprint density at radius 2 is 1.73 bits per heavy atom. The highest BCUT2D eigenvalue weighted by Crippen LogP contribution is 2.22.